The third kappa shape index (κ3) is 5.74. The summed E-state index contributed by atoms with van der Waals surface area (Å²) in [6, 6.07) is 12.8. The minimum absolute atomic E-state index is 0.223. The maximum absolute atomic E-state index is 12.8. The predicted octanol–water partition coefficient (Wildman–Crippen LogP) is 4.67. The molecule has 0 saturated carbocycles. The number of nitrogens with one attached hydrogen (secondary N) is 2. The van der Waals surface area contributed by atoms with Crippen LogP contribution < -0.4 is 20.3 Å². The molecular weight excluding hydrogens is 544 g/mol. The van der Waals surface area contributed by atoms with Gasteiger partial charge >= 0.3 is 0 Å². The van der Waals surface area contributed by atoms with Crippen molar-refractivity contribution in [3.05, 3.63) is 53.1 Å². The second-order valence-electron chi connectivity index (χ2n) is 8.90. The van der Waals surface area contributed by atoms with E-state index in [0.29, 0.717) is 27.7 Å². The van der Waals surface area contributed by atoms with Crippen LogP contribution in [0.3, 0.4) is 0 Å². The zero-order valence-electron chi connectivity index (χ0n) is 20.8. The number of hydrogen-bond acceptors (Lipinski definition) is 9. The van der Waals surface area contributed by atoms with Crippen LogP contribution in [-0.2, 0) is 9.84 Å². The van der Waals surface area contributed by atoms with E-state index in [2.05, 4.69) is 59.4 Å². The average Bonchev–Trinajstić information content (AvgIpc) is 2.87. The summed E-state index contributed by atoms with van der Waals surface area (Å²) in [5.74, 6) is 1.46. The smallest absolute Gasteiger partial charge is 0.229 e. The lowest BCUT2D eigenvalue weighted by molar-refractivity contribution is 0.312. The van der Waals surface area contributed by atoms with E-state index in [0.717, 1.165) is 37.6 Å². The third-order valence-corrected chi connectivity index (χ3v) is 8.90. The number of piperazine rings is 1. The molecule has 1 saturated heterocycles. The molecule has 0 spiro atoms. The molecule has 2 aromatic carbocycles. The summed E-state index contributed by atoms with van der Waals surface area (Å²) in [4.78, 5) is 13.8. The van der Waals surface area contributed by atoms with Gasteiger partial charge in [0, 0.05) is 44.1 Å². The van der Waals surface area contributed by atoms with E-state index in [4.69, 9.17) is 4.74 Å². The lowest BCUT2D eigenvalue weighted by atomic mass is 10.2. The molecule has 1 aliphatic rings. The van der Waals surface area contributed by atoms with Crippen molar-refractivity contribution in [3.8, 4) is 5.75 Å². The van der Waals surface area contributed by atoms with Crippen LogP contribution in [0, 0.1) is 0 Å². The number of hydrogen-bond donors (Lipinski definition) is 2. The van der Waals surface area contributed by atoms with Gasteiger partial charge in [-0.05, 0) is 61.1 Å². The van der Waals surface area contributed by atoms with Crippen LogP contribution in [0.1, 0.15) is 13.8 Å². The highest BCUT2D eigenvalue weighted by atomic mass is 79.9. The molecule has 0 aliphatic carbocycles. The van der Waals surface area contributed by atoms with Gasteiger partial charge in [-0.1, -0.05) is 12.1 Å². The van der Waals surface area contributed by atoms with Crippen molar-refractivity contribution >= 4 is 54.6 Å². The molecule has 36 heavy (non-hydrogen) atoms. The molecule has 11 heteroatoms. The molecule has 9 nitrogen and oxygen atoms in total. The fourth-order valence-corrected chi connectivity index (χ4v) is 5.37. The van der Waals surface area contributed by atoms with Crippen molar-refractivity contribution in [3.63, 3.8) is 0 Å². The van der Waals surface area contributed by atoms with Crippen molar-refractivity contribution < 1.29 is 13.2 Å². The Labute approximate surface area is 220 Å². The topological polar surface area (TPSA) is 99.7 Å². The quantitative estimate of drug-likeness (QED) is 0.397. The monoisotopic (exact) mass is 574 g/mol. The van der Waals surface area contributed by atoms with E-state index < -0.39 is 15.1 Å². The van der Waals surface area contributed by atoms with Crippen LogP contribution in [0.2, 0.25) is 0 Å². The molecular formula is C25H31BrN6O3S. The molecule has 0 unspecified atom stereocenters. The Morgan fingerprint density at radius 1 is 1.03 bits per heavy atom. The van der Waals surface area contributed by atoms with Crippen molar-refractivity contribution in [1.29, 1.82) is 0 Å². The number of halogens is 1. The van der Waals surface area contributed by atoms with Gasteiger partial charge in [0.25, 0.3) is 0 Å². The van der Waals surface area contributed by atoms with Crippen LogP contribution in [0.4, 0.5) is 28.8 Å². The Morgan fingerprint density at radius 2 is 1.75 bits per heavy atom. The highest BCUT2D eigenvalue weighted by Gasteiger charge is 2.23. The molecule has 4 rings (SSSR count). The molecule has 0 radical (unpaired) electrons. The summed E-state index contributed by atoms with van der Waals surface area (Å²) in [5.41, 5.74) is 2.28. The highest BCUT2D eigenvalue weighted by molar-refractivity contribution is 9.10. The summed E-state index contributed by atoms with van der Waals surface area (Å²) in [6.45, 7) is 7.30. The summed E-state index contributed by atoms with van der Waals surface area (Å²) in [5, 5.41) is 5.83. The van der Waals surface area contributed by atoms with Crippen LogP contribution >= 0.6 is 15.9 Å². The van der Waals surface area contributed by atoms with E-state index in [1.54, 1.807) is 51.4 Å². The molecule has 2 N–H and O–H groups in total. The number of likely N-dealkylation sites (N-methyl/N-ethyl adjacent to an activating group) is 1. The Bertz CT molecular complexity index is 1330. The fraction of sp³-hybridized carbons (Fsp3) is 0.360. The van der Waals surface area contributed by atoms with Crippen molar-refractivity contribution in [2.24, 2.45) is 0 Å². The molecule has 0 bridgehead atoms. The van der Waals surface area contributed by atoms with Gasteiger partial charge in [-0.25, -0.2) is 13.4 Å². The average molecular weight is 576 g/mol. The number of rotatable bonds is 8. The number of methoxy groups -OCH3 is 1. The Balaban J connectivity index is 1.58. The molecule has 192 valence electrons. The molecule has 3 aromatic rings. The van der Waals surface area contributed by atoms with E-state index in [-0.39, 0.29) is 4.90 Å². The standard InChI is InChI=1S/C25H31BrN6O3S/c1-17(2)36(33,34)23-8-6-5-7-21(23)28-24-19(26)16-27-25(30-24)29-20-10-9-18(15-22(20)35-4)32-13-11-31(3)12-14-32/h5-10,15-17H,11-14H2,1-4H3,(H2,27,28,29,30). The maximum atomic E-state index is 12.8. The van der Waals surface area contributed by atoms with Gasteiger partial charge < -0.3 is 25.2 Å². The van der Waals surface area contributed by atoms with Gasteiger partial charge in [0.1, 0.15) is 11.6 Å². The third-order valence-electron chi connectivity index (χ3n) is 6.11. The van der Waals surface area contributed by atoms with Gasteiger partial charge in [0.2, 0.25) is 5.95 Å². The molecule has 2 heterocycles. The number of aromatic nitrogens is 2. The van der Waals surface area contributed by atoms with Crippen LogP contribution in [-0.4, -0.2) is 68.9 Å². The summed E-state index contributed by atoms with van der Waals surface area (Å²) in [6.07, 6.45) is 1.61. The minimum Gasteiger partial charge on any atom is -0.494 e. The van der Waals surface area contributed by atoms with Crippen molar-refractivity contribution in [2.75, 3.05) is 55.9 Å². The van der Waals surface area contributed by atoms with Gasteiger partial charge in [-0.2, -0.15) is 4.98 Å². The first-order chi connectivity index (χ1) is 17.2. The number of sulfone groups is 1. The predicted molar refractivity (Wildman–Crippen MR) is 148 cm³/mol. The summed E-state index contributed by atoms with van der Waals surface area (Å²) in [7, 11) is 0.283. The highest BCUT2D eigenvalue weighted by Crippen LogP contribution is 2.34. The summed E-state index contributed by atoms with van der Waals surface area (Å²) < 4.78 is 31.9. The Hall–Kier alpha value is -2.89. The Morgan fingerprint density at radius 3 is 2.44 bits per heavy atom. The lowest BCUT2D eigenvalue weighted by Crippen LogP contribution is -2.44. The second kappa shape index (κ2) is 11.0. The summed E-state index contributed by atoms with van der Waals surface area (Å²) >= 11 is 3.46. The fourth-order valence-electron chi connectivity index (χ4n) is 3.88. The number of nitrogens with zero attached hydrogens (tertiary/aromatic N) is 4. The molecule has 0 amide bonds. The number of benzene rings is 2. The zero-order valence-corrected chi connectivity index (χ0v) is 23.2. The number of para-hydroxylation sites is 1. The first kappa shape index (κ1) is 26.2. The number of anilines is 5. The molecule has 1 aliphatic heterocycles. The van der Waals surface area contributed by atoms with Gasteiger partial charge in [-0.15, -0.1) is 0 Å². The molecule has 1 fully saturated rings. The van der Waals surface area contributed by atoms with Gasteiger partial charge in [-0.3, -0.25) is 0 Å². The first-order valence-corrected chi connectivity index (χ1v) is 14.0. The molecule has 0 atom stereocenters. The van der Waals surface area contributed by atoms with Crippen LogP contribution in [0.5, 0.6) is 5.75 Å². The van der Waals surface area contributed by atoms with Crippen LogP contribution in [0.25, 0.3) is 0 Å². The van der Waals surface area contributed by atoms with E-state index >= 15 is 0 Å². The second-order valence-corrected chi connectivity index (χ2v) is 12.2. The molecule has 1 aromatic heterocycles. The number of ether oxygens (including phenoxy) is 1. The zero-order chi connectivity index (χ0) is 25.9. The Kier molecular flexibility index (Phi) is 8.01. The maximum Gasteiger partial charge on any atom is 0.229 e. The van der Waals surface area contributed by atoms with Crippen molar-refractivity contribution in [2.45, 2.75) is 24.0 Å². The van der Waals surface area contributed by atoms with E-state index in [9.17, 15) is 8.42 Å². The van der Waals surface area contributed by atoms with Gasteiger partial charge in [0.05, 0.1) is 33.1 Å². The van der Waals surface area contributed by atoms with Crippen LogP contribution in [0.15, 0.2) is 58.0 Å². The lowest BCUT2D eigenvalue weighted by Gasteiger charge is -2.34. The SMILES string of the molecule is COc1cc(N2CCN(C)CC2)ccc1Nc1ncc(Br)c(Nc2ccccc2S(=O)(=O)C(C)C)n1. The minimum atomic E-state index is -3.48. The van der Waals surface area contributed by atoms with Crippen molar-refractivity contribution in [1.82, 2.24) is 14.9 Å². The van der Waals surface area contributed by atoms with E-state index in [1.165, 1.54) is 0 Å². The van der Waals surface area contributed by atoms with E-state index in [1.807, 2.05) is 12.1 Å². The first-order valence-electron chi connectivity index (χ1n) is 11.7. The normalized spacial score (nSPS) is 14.7. The van der Waals surface area contributed by atoms with Gasteiger partial charge in [0.15, 0.2) is 9.84 Å². The largest absolute Gasteiger partial charge is 0.494 e.